The van der Waals surface area contributed by atoms with Gasteiger partial charge in [-0.2, -0.15) is 0 Å². The maximum Gasteiger partial charge on any atom is 0.261 e. The number of nitrogens with zero attached hydrogens (tertiary/aromatic N) is 2. The Hall–Kier alpha value is -3.47. The van der Waals surface area contributed by atoms with Crippen molar-refractivity contribution < 1.29 is 14.3 Å². The molecule has 4 rings (SSSR count). The Bertz CT molecular complexity index is 1040. The summed E-state index contributed by atoms with van der Waals surface area (Å²) in [5.74, 6) is 0.321. The van der Waals surface area contributed by atoms with Crippen LogP contribution < -0.4 is 4.74 Å². The standard InChI is InChI=1S/C22H18N2O3/c1-27-17-12-10-15-9-11-16(23-20(15)14-17)6-4-5-13-24-21(25)18-7-2-3-8-19(18)22(24)26/h2-4,6-12,14H,5,13H2,1H3. The molecule has 2 heterocycles. The highest BCUT2D eigenvalue weighted by Gasteiger charge is 2.34. The van der Waals surface area contributed by atoms with Crippen molar-refractivity contribution in [3.8, 4) is 5.75 Å². The second kappa shape index (κ2) is 7.03. The molecule has 134 valence electrons. The molecule has 0 saturated heterocycles. The van der Waals surface area contributed by atoms with Gasteiger partial charge in [-0.25, -0.2) is 4.98 Å². The molecular formula is C22H18N2O3. The average Bonchev–Trinajstić information content (AvgIpc) is 2.95. The molecule has 5 nitrogen and oxygen atoms in total. The lowest BCUT2D eigenvalue weighted by molar-refractivity contribution is 0.0657. The lowest BCUT2D eigenvalue weighted by atomic mass is 10.1. The fourth-order valence-corrected chi connectivity index (χ4v) is 3.18. The molecule has 3 aromatic rings. The highest BCUT2D eigenvalue weighted by atomic mass is 16.5. The van der Waals surface area contributed by atoms with Gasteiger partial charge in [0.15, 0.2) is 0 Å². The Morgan fingerprint density at radius 3 is 2.41 bits per heavy atom. The van der Waals surface area contributed by atoms with E-state index in [9.17, 15) is 9.59 Å². The van der Waals surface area contributed by atoms with E-state index >= 15 is 0 Å². The fraction of sp³-hybridized carbons (Fsp3) is 0.136. The largest absolute Gasteiger partial charge is 0.497 e. The number of rotatable bonds is 5. The van der Waals surface area contributed by atoms with Crippen LogP contribution in [0.4, 0.5) is 0 Å². The van der Waals surface area contributed by atoms with Crippen molar-refractivity contribution in [1.29, 1.82) is 0 Å². The fourth-order valence-electron chi connectivity index (χ4n) is 3.18. The number of hydrogen-bond donors (Lipinski definition) is 0. The first kappa shape index (κ1) is 17.0. The van der Waals surface area contributed by atoms with Crippen LogP contribution in [0.5, 0.6) is 5.75 Å². The van der Waals surface area contributed by atoms with Crippen LogP contribution in [0, 0.1) is 0 Å². The molecule has 0 fully saturated rings. The van der Waals surface area contributed by atoms with E-state index in [2.05, 4.69) is 4.98 Å². The van der Waals surface area contributed by atoms with Gasteiger partial charge in [0.1, 0.15) is 5.75 Å². The topological polar surface area (TPSA) is 59.5 Å². The Kier molecular flexibility index (Phi) is 4.42. The van der Waals surface area contributed by atoms with Crippen LogP contribution in [0.2, 0.25) is 0 Å². The van der Waals surface area contributed by atoms with Gasteiger partial charge < -0.3 is 4.74 Å². The third-order valence-corrected chi connectivity index (χ3v) is 4.61. The van der Waals surface area contributed by atoms with Crippen molar-refractivity contribution in [2.75, 3.05) is 13.7 Å². The van der Waals surface area contributed by atoms with Crippen LogP contribution in [0.3, 0.4) is 0 Å². The maximum absolute atomic E-state index is 12.3. The predicted octanol–water partition coefficient (Wildman–Crippen LogP) is 3.94. The molecule has 0 N–H and O–H groups in total. The third-order valence-electron chi connectivity index (χ3n) is 4.61. The minimum absolute atomic E-state index is 0.222. The van der Waals surface area contributed by atoms with Crippen LogP contribution in [0.15, 0.2) is 60.7 Å². The summed E-state index contributed by atoms with van der Waals surface area (Å²) in [6.07, 6.45) is 4.40. The lowest BCUT2D eigenvalue weighted by Crippen LogP contribution is -2.30. The number of carbonyl (C=O) groups excluding carboxylic acids is 2. The summed E-state index contributed by atoms with van der Waals surface area (Å²) in [6, 6.07) is 16.6. The summed E-state index contributed by atoms with van der Waals surface area (Å²) in [5.41, 5.74) is 2.64. The first-order chi connectivity index (χ1) is 13.2. The number of benzene rings is 2. The number of hydrogen-bond acceptors (Lipinski definition) is 4. The van der Waals surface area contributed by atoms with E-state index in [0.29, 0.717) is 24.1 Å². The zero-order valence-corrected chi connectivity index (χ0v) is 14.9. The van der Waals surface area contributed by atoms with E-state index in [-0.39, 0.29) is 11.8 Å². The Morgan fingerprint density at radius 2 is 1.70 bits per heavy atom. The van der Waals surface area contributed by atoms with E-state index in [4.69, 9.17) is 4.74 Å². The average molecular weight is 358 g/mol. The molecule has 1 aliphatic rings. The van der Waals surface area contributed by atoms with E-state index in [1.54, 1.807) is 31.4 Å². The molecule has 0 radical (unpaired) electrons. The molecular weight excluding hydrogens is 340 g/mol. The van der Waals surface area contributed by atoms with Gasteiger partial charge >= 0.3 is 0 Å². The number of amides is 2. The van der Waals surface area contributed by atoms with E-state index in [1.807, 2.05) is 42.5 Å². The van der Waals surface area contributed by atoms with Crippen molar-refractivity contribution >= 4 is 28.8 Å². The van der Waals surface area contributed by atoms with Crippen molar-refractivity contribution in [1.82, 2.24) is 9.88 Å². The number of methoxy groups -OCH3 is 1. The molecule has 1 aliphatic heterocycles. The van der Waals surface area contributed by atoms with Gasteiger partial charge in [-0.15, -0.1) is 0 Å². The summed E-state index contributed by atoms with van der Waals surface area (Å²) in [6.45, 7) is 0.351. The summed E-state index contributed by atoms with van der Waals surface area (Å²) in [4.78, 5) is 30.6. The van der Waals surface area contributed by atoms with E-state index in [1.165, 1.54) is 4.90 Å². The smallest absolute Gasteiger partial charge is 0.261 e. The lowest BCUT2D eigenvalue weighted by Gasteiger charge is -2.11. The number of carbonyl (C=O) groups is 2. The number of fused-ring (bicyclic) bond motifs is 2. The van der Waals surface area contributed by atoms with Crippen LogP contribution in [0.25, 0.3) is 17.0 Å². The third kappa shape index (κ3) is 3.19. The minimum atomic E-state index is -0.222. The molecule has 2 amide bonds. The quantitative estimate of drug-likeness (QED) is 0.648. The van der Waals surface area contributed by atoms with E-state index < -0.39 is 0 Å². The summed E-state index contributed by atoms with van der Waals surface area (Å²) < 4.78 is 5.24. The van der Waals surface area contributed by atoms with Crippen LogP contribution in [0.1, 0.15) is 32.8 Å². The monoisotopic (exact) mass is 358 g/mol. The van der Waals surface area contributed by atoms with Gasteiger partial charge in [0, 0.05) is 18.0 Å². The van der Waals surface area contributed by atoms with Crippen LogP contribution in [-0.2, 0) is 0 Å². The first-order valence-corrected chi connectivity index (χ1v) is 8.74. The SMILES string of the molecule is COc1ccc2ccc(C=CCCN3C(=O)c4ccccc4C3=O)nc2c1. The van der Waals surface area contributed by atoms with Crippen molar-refractivity contribution in [3.05, 3.63) is 77.5 Å². The normalized spacial score (nSPS) is 13.6. The summed E-state index contributed by atoms with van der Waals surface area (Å²) >= 11 is 0. The molecule has 0 atom stereocenters. The highest BCUT2D eigenvalue weighted by molar-refractivity contribution is 6.21. The van der Waals surface area contributed by atoms with Gasteiger partial charge in [0.25, 0.3) is 11.8 Å². The molecule has 1 aromatic heterocycles. The Labute approximate surface area is 156 Å². The number of imide groups is 1. The number of aromatic nitrogens is 1. The molecule has 2 aromatic carbocycles. The molecule has 0 aliphatic carbocycles. The Balaban J connectivity index is 1.44. The van der Waals surface area contributed by atoms with Gasteiger partial charge in [0.05, 0.1) is 29.4 Å². The molecule has 0 bridgehead atoms. The zero-order valence-electron chi connectivity index (χ0n) is 14.9. The van der Waals surface area contributed by atoms with Gasteiger partial charge in [-0.1, -0.05) is 24.3 Å². The molecule has 0 spiro atoms. The van der Waals surface area contributed by atoms with Gasteiger partial charge in [0.2, 0.25) is 0 Å². The number of pyridine rings is 1. The van der Waals surface area contributed by atoms with Crippen molar-refractivity contribution in [2.24, 2.45) is 0 Å². The van der Waals surface area contributed by atoms with E-state index in [0.717, 1.165) is 22.3 Å². The minimum Gasteiger partial charge on any atom is -0.497 e. The molecule has 27 heavy (non-hydrogen) atoms. The van der Waals surface area contributed by atoms with Crippen LogP contribution in [-0.4, -0.2) is 35.4 Å². The van der Waals surface area contributed by atoms with Crippen molar-refractivity contribution in [3.63, 3.8) is 0 Å². The second-order valence-electron chi connectivity index (χ2n) is 6.29. The number of ether oxygens (including phenoxy) is 1. The van der Waals surface area contributed by atoms with Gasteiger partial charge in [-0.3, -0.25) is 14.5 Å². The molecule has 5 heteroatoms. The summed E-state index contributed by atoms with van der Waals surface area (Å²) in [5, 5.41) is 1.04. The molecule has 0 unspecified atom stereocenters. The zero-order chi connectivity index (χ0) is 18.8. The highest BCUT2D eigenvalue weighted by Crippen LogP contribution is 2.23. The van der Waals surface area contributed by atoms with Crippen LogP contribution >= 0.6 is 0 Å². The summed E-state index contributed by atoms with van der Waals surface area (Å²) in [7, 11) is 1.63. The predicted molar refractivity (Wildman–Crippen MR) is 104 cm³/mol. The maximum atomic E-state index is 12.3. The first-order valence-electron chi connectivity index (χ1n) is 8.74. The second-order valence-corrected chi connectivity index (χ2v) is 6.29. The van der Waals surface area contributed by atoms with Gasteiger partial charge in [-0.05, 0) is 42.8 Å². The molecule has 0 saturated carbocycles. The Morgan fingerprint density at radius 1 is 1.00 bits per heavy atom. The van der Waals surface area contributed by atoms with Crippen molar-refractivity contribution in [2.45, 2.75) is 6.42 Å².